The predicted octanol–water partition coefficient (Wildman–Crippen LogP) is 3.65. The van der Waals surface area contributed by atoms with Gasteiger partial charge in [0.05, 0.1) is 7.11 Å². The Balaban J connectivity index is 1.80. The Kier molecular flexibility index (Phi) is 6.43. The van der Waals surface area contributed by atoms with E-state index in [1.807, 2.05) is 60.7 Å². The summed E-state index contributed by atoms with van der Waals surface area (Å²) in [6.07, 6.45) is 1.85. The van der Waals surface area contributed by atoms with Crippen molar-refractivity contribution < 1.29 is 14.3 Å². The van der Waals surface area contributed by atoms with Crippen molar-refractivity contribution in [2.75, 3.05) is 7.11 Å². The van der Waals surface area contributed by atoms with Crippen LogP contribution in [0.1, 0.15) is 27.0 Å². The van der Waals surface area contributed by atoms with Crippen molar-refractivity contribution in [3.63, 3.8) is 0 Å². The second-order valence-electron chi connectivity index (χ2n) is 6.44. The summed E-state index contributed by atoms with van der Waals surface area (Å²) in [5, 5.41) is 2.94. The lowest BCUT2D eigenvalue weighted by Gasteiger charge is -2.10. The van der Waals surface area contributed by atoms with Gasteiger partial charge in [-0.1, -0.05) is 54.6 Å². The number of methoxy groups -OCH3 is 1. The minimum atomic E-state index is -0.477. The zero-order valence-electron chi connectivity index (χ0n) is 16.1. The highest BCUT2D eigenvalue weighted by atomic mass is 16.5. The first-order chi connectivity index (χ1) is 14.1. The zero-order chi connectivity index (χ0) is 20.6. The van der Waals surface area contributed by atoms with Crippen molar-refractivity contribution in [1.29, 1.82) is 0 Å². The van der Waals surface area contributed by atoms with Gasteiger partial charge in [0.25, 0.3) is 5.91 Å². The largest absolute Gasteiger partial charge is 0.497 e. The molecule has 0 aliphatic rings. The van der Waals surface area contributed by atoms with E-state index >= 15 is 0 Å². The van der Waals surface area contributed by atoms with Gasteiger partial charge in [0.2, 0.25) is 5.91 Å². The van der Waals surface area contributed by atoms with E-state index < -0.39 is 5.91 Å². The Bertz CT molecular complexity index is 1010. The standard InChI is InChI=1S/C24H22N2O3/c1-29-21-13-9-17(10-14-21)15-22(19-5-3-2-4-6-19)24(28)26-16-18-7-11-20(12-8-18)23(25)27/h2-15H,16H2,1H3,(H2,25,27)(H,26,28)/b22-15+. The summed E-state index contributed by atoms with van der Waals surface area (Å²) in [5.74, 6) is 0.0904. The SMILES string of the molecule is COc1ccc(/C=C(/C(=O)NCc2ccc(C(N)=O)cc2)c2ccccc2)cc1. The first-order valence-electron chi connectivity index (χ1n) is 9.15. The molecule has 3 N–H and O–H groups in total. The van der Waals surface area contributed by atoms with E-state index in [1.165, 1.54) is 0 Å². The molecular weight excluding hydrogens is 364 g/mol. The van der Waals surface area contributed by atoms with Gasteiger partial charge in [-0.15, -0.1) is 0 Å². The molecule has 0 heterocycles. The van der Waals surface area contributed by atoms with Crippen LogP contribution in [0.4, 0.5) is 0 Å². The van der Waals surface area contributed by atoms with Crippen molar-refractivity contribution in [2.45, 2.75) is 6.54 Å². The van der Waals surface area contributed by atoms with Crippen LogP contribution in [0.2, 0.25) is 0 Å². The maximum absolute atomic E-state index is 12.9. The van der Waals surface area contributed by atoms with Gasteiger partial charge in [-0.05, 0) is 47.0 Å². The Morgan fingerprint density at radius 2 is 1.55 bits per heavy atom. The minimum Gasteiger partial charge on any atom is -0.497 e. The normalized spacial score (nSPS) is 11.0. The van der Waals surface area contributed by atoms with Gasteiger partial charge in [0.15, 0.2) is 0 Å². The molecule has 0 saturated carbocycles. The third-order valence-electron chi connectivity index (χ3n) is 4.45. The molecule has 3 rings (SSSR count). The Morgan fingerprint density at radius 1 is 0.897 bits per heavy atom. The Hall–Kier alpha value is -3.86. The maximum atomic E-state index is 12.9. The molecule has 0 radical (unpaired) electrons. The van der Waals surface area contributed by atoms with Crippen LogP contribution in [-0.4, -0.2) is 18.9 Å². The maximum Gasteiger partial charge on any atom is 0.252 e. The number of carbonyl (C=O) groups is 2. The first kappa shape index (κ1) is 19.9. The summed E-state index contributed by atoms with van der Waals surface area (Å²) in [6.45, 7) is 0.338. The van der Waals surface area contributed by atoms with Crippen molar-refractivity contribution in [2.24, 2.45) is 5.73 Å². The molecule has 0 aliphatic carbocycles. The predicted molar refractivity (Wildman–Crippen MR) is 114 cm³/mol. The number of amides is 2. The fourth-order valence-electron chi connectivity index (χ4n) is 2.83. The van der Waals surface area contributed by atoms with Crippen molar-refractivity contribution in [1.82, 2.24) is 5.32 Å². The average Bonchev–Trinajstić information content (AvgIpc) is 2.77. The number of nitrogens with two attached hydrogens (primary N) is 1. The molecule has 146 valence electrons. The van der Waals surface area contributed by atoms with E-state index in [1.54, 1.807) is 31.4 Å². The van der Waals surface area contributed by atoms with Crippen molar-refractivity contribution in [3.8, 4) is 5.75 Å². The van der Waals surface area contributed by atoms with E-state index in [0.717, 1.165) is 22.4 Å². The highest BCUT2D eigenvalue weighted by molar-refractivity contribution is 6.24. The summed E-state index contributed by atoms with van der Waals surface area (Å²) >= 11 is 0. The van der Waals surface area contributed by atoms with Gasteiger partial charge in [-0.3, -0.25) is 9.59 Å². The second kappa shape index (κ2) is 9.37. The number of nitrogens with one attached hydrogen (secondary N) is 1. The van der Waals surface area contributed by atoms with Crippen LogP contribution < -0.4 is 15.8 Å². The van der Waals surface area contributed by atoms with E-state index in [9.17, 15) is 9.59 Å². The third-order valence-corrected chi connectivity index (χ3v) is 4.45. The molecular formula is C24H22N2O3. The van der Waals surface area contributed by atoms with E-state index in [0.29, 0.717) is 17.7 Å². The van der Waals surface area contributed by atoms with Crippen molar-refractivity contribution in [3.05, 3.63) is 101 Å². The quantitative estimate of drug-likeness (QED) is 0.480. The van der Waals surface area contributed by atoms with Crippen LogP contribution in [-0.2, 0) is 11.3 Å². The molecule has 2 amide bonds. The molecule has 0 aliphatic heterocycles. The Morgan fingerprint density at radius 3 is 2.14 bits per heavy atom. The number of rotatable bonds is 7. The van der Waals surface area contributed by atoms with Gasteiger partial charge >= 0.3 is 0 Å². The lowest BCUT2D eigenvalue weighted by atomic mass is 10.0. The van der Waals surface area contributed by atoms with Crippen LogP contribution in [0.15, 0.2) is 78.9 Å². The molecule has 0 unspecified atom stereocenters. The molecule has 5 nitrogen and oxygen atoms in total. The lowest BCUT2D eigenvalue weighted by molar-refractivity contribution is -0.115. The van der Waals surface area contributed by atoms with Crippen LogP contribution in [0.25, 0.3) is 11.6 Å². The first-order valence-corrected chi connectivity index (χ1v) is 9.15. The fourth-order valence-corrected chi connectivity index (χ4v) is 2.83. The third kappa shape index (κ3) is 5.32. The van der Waals surface area contributed by atoms with Crippen LogP contribution in [0, 0.1) is 0 Å². The molecule has 0 saturated heterocycles. The fraction of sp³-hybridized carbons (Fsp3) is 0.0833. The smallest absolute Gasteiger partial charge is 0.252 e. The Labute approximate surface area is 169 Å². The van der Waals surface area contributed by atoms with Gasteiger partial charge < -0.3 is 15.8 Å². The van der Waals surface area contributed by atoms with Gasteiger partial charge in [0.1, 0.15) is 5.75 Å². The molecule has 3 aromatic rings. The van der Waals surface area contributed by atoms with Crippen LogP contribution >= 0.6 is 0 Å². The van der Waals surface area contributed by atoms with Crippen molar-refractivity contribution >= 4 is 23.5 Å². The number of hydrogen-bond donors (Lipinski definition) is 2. The monoisotopic (exact) mass is 386 g/mol. The molecule has 0 fully saturated rings. The number of carbonyl (C=O) groups excluding carboxylic acids is 2. The molecule has 0 bridgehead atoms. The van der Waals surface area contributed by atoms with Crippen LogP contribution in [0.5, 0.6) is 5.75 Å². The zero-order valence-corrected chi connectivity index (χ0v) is 16.1. The average molecular weight is 386 g/mol. The van der Waals surface area contributed by atoms with E-state index in [-0.39, 0.29) is 5.91 Å². The number of hydrogen-bond acceptors (Lipinski definition) is 3. The van der Waals surface area contributed by atoms with Gasteiger partial charge in [-0.2, -0.15) is 0 Å². The highest BCUT2D eigenvalue weighted by Gasteiger charge is 2.12. The summed E-state index contributed by atoms with van der Waals surface area (Å²) < 4.78 is 5.19. The van der Waals surface area contributed by atoms with E-state index in [2.05, 4.69) is 5.32 Å². The topological polar surface area (TPSA) is 81.4 Å². The van der Waals surface area contributed by atoms with Crippen LogP contribution in [0.3, 0.4) is 0 Å². The molecule has 0 atom stereocenters. The molecule has 0 spiro atoms. The molecule has 0 aromatic heterocycles. The second-order valence-corrected chi connectivity index (χ2v) is 6.44. The van der Waals surface area contributed by atoms with E-state index in [4.69, 9.17) is 10.5 Å². The minimum absolute atomic E-state index is 0.189. The summed E-state index contributed by atoms with van der Waals surface area (Å²) in [4.78, 5) is 24.1. The van der Waals surface area contributed by atoms with Gasteiger partial charge in [-0.25, -0.2) is 0 Å². The number of benzene rings is 3. The molecule has 3 aromatic carbocycles. The summed E-state index contributed by atoms with van der Waals surface area (Å²) in [7, 11) is 1.61. The van der Waals surface area contributed by atoms with Gasteiger partial charge in [0, 0.05) is 17.7 Å². The number of primary amides is 1. The summed E-state index contributed by atoms with van der Waals surface area (Å²) in [6, 6.07) is 23.9. The highest BCUT2D eigenvalue weighted by Crippen LogP contribution is 2.20. The molecule has 29 heavy (non-hydrogen) atoms. The number of ether oxygens (including phenoxy) is 1. The lowest BCUT2D eigenvalue weighted by Crippen LogP contribution is -2.24. The molecule has 5 heteroatoms. The summed E-state index contributed by atoms with van der Waals surface area (Å²) in [5.41, 5.74) is 8.85.